The summed E-state index contributed by atoms with van der Waals surface area (Å²) in [6, 6.07) is 2.53. The second-order valence-electron chi connectivity index (χ2n) is 5.49. The number of rotatable bonds is 8. The molecule has 0 amide bonds. The number of ether oxygens (including phenoxy) is 1. The molecule has 0 radical (unpaired) electrons. The molecule has 0 aromatic heterocycles. The zero-order valence-electron chi connectivity index (χ0n) is 11.5. The van der Waals surface area contributed by atoms with E-state index < -0.39 is 0 Å². The number of nitriles is 1. The molecule has 3 nitrogen and oxygen atoms in total. The molecule has 18 heavy (non-hydrogen) atoms. The molecule has 1 rings (SSSR count). The highest BCUT2D eigenvalue weighted by Crippen LogP contribution is 2.40. The van der Waals surface area contributed by atoms with Gasteiger partial charge in [-0.05, 0) is 32.1 Å². The Morgan fingerprint density at radius 1 is 1.28 bits per heavy atom. The van der Waals surface area contributed by atoms with E-state index in [2.05, 4.69) is 13.0 Å². The molecule has 0 saturated heterocycles. The summed E-state index contributed by atoms with van der Waals surface area (Å²) < 4.78 is 4.99. The molecular weight excluding hydrogens is 226 g/mol. The summed E-state index contributed by atoms with van der Waals surface area (Å²) >= 11 is 0. The van der Waals surface area contributed by atoms with Gasteiger partial charge in [0.25, 0.3) is 6.47 Å². The van der Waals surface area contributed by atoms with Gasteiger partial charge in [0.15, 0.2) is 0 Å². The zero-order valence-corrected chi connectivity index (χ0v) is 11.5. The molecule has 0 atom stereocenters. The predicted molar refractivity (Wildman–Crippen MR) is 70.8 cm³/mol. The molecule has 0 aromatic rings. The Morgan fingerprint density at radius 2 is 1.94 bits per heavy atom. The molecule has 1 aliphatic rings. The highest BCUT2D eigenvalue weighted by atomic mass is 16.5. The van der Waals surface area contributed by atoms with Crippen molar-refractivity contribution in [2.24, 2.45) is 5.41 Å². The number of carbonyl (C=O) groups excluding carboxylic acids is 1. The van der Waals surface area contributed by atoms with Gasteiger partial charge in [0.2, 0.25) is 0 Å². The molecule has 0 aliphatic heterocycles. The minimum atomic E-state index is -0.144. The number of nitrogens with zero attached hydrogens (tertiary/aromatic N) is 1. The second kappa shape index (κ2) is 8.13. The van der Waals surface area contributed by atoms with Crippen LogP contribution >= 0.6 is 0 Å². The molecule has 0 unspecified atom stereocenters. The van der Waals surface area contributed by atoms with Crippen LogP contribution in [0, 0.1) is 16.7 Å². The zero-order chi connectivity index (χ0) is 13.3. The SMILES string of the molecule is CCCCCCCC1(C#N)CCC(OC=O)CC1. The van der Waals surface area contributed by atoms with Crippen molar-refractivity contribution in [3.8, 4) is 6.07 Å². The minimum Gasteiger partial charge on any atom is -0.465 e. The topological polar surface area (TPSA) is 50.1 Å². The van der Waals surface area contributed by atoms with Gasteiger partial charge in [0.1, 0.15) is 6.10 Å². The highest BCUT2D eigenvalue weighted by molar-refractivity contribution is 5.37. The maximum Gasteiger partial charge on any atom is 0.293 e. The van der Waals surface area contributed by atoms with E-state index in [1.807, 2.05) is 0 Å². The van der Waals surface area contributed by atoms with Crippen molar-refractivity contribution in [3.63, 3.8) is 0 Å². The molecule has 0 N–H and O–H groups in total. The van der Waals surface area contributed by atoms with E-state index in [-0.39, 0.29) is 11.5 Å². The fourth-order valence-electron chi connectivity index (χ4n) is 2.84. The van der Waals surface area contributed by atoms with Crippen molar-refractivity contribution in [1.82, 2.24) is 0 Å². The van der Waals surface area contributed by atoms with Gasteiger partial charge < -0.3 is 4.74 Å². The van der Waals surface area contributed by atoms with Crippen LogP contribution in [-0.2, 0) is 9.53 Å². The average Bonchev–Trinajstić information content (AvgIpc) is 2.41. The Bertz CT molecular complexity index is 275. The number of unbranched alkanes of at least 4 members (excludes halogenated alkanes) is 4. The van der Waals surface area contributed by atoms with E-state index >= 15 is 0 Å². The first-order valence-corrected chi connectivity index (χ1v) is 7.26. The molecule has 1 aliphatic carbocycles. The molecule has 1 saturated carbocycles. The van der Waals surface area contributed by atoms with Gasteiger partial charge in [-0.1, -0.05) is 39.0 Å². The predicted octanol–water partition coefficient (Wildman–Crippen LogP) is 3.97. The van der Waals surface area contributed by atoms with Gasteiger partial charge in [0.05, 0.1) is 11.5 Å². The quantitative estimate of drug-likeness (QED) is 0.484. The lowest BCUT2D eigenvalue weighted by Crippen LogP contribution is -2.29. The van der Waals surface area contributed by atoms with Crippen molar-refractivity contribution < 1.29 is 9.53 Å². The Hall–Kier alpha value is -1.04. The molecule has 0 aromatic carbocycles. The summed E-state index contributed by atoms with van der Waals surface area (Å²) in [6.45, 7) is 2.75. The first-order valence-electron chi connectivity index (χ1n) is 7.26. The normalized spacial score (nSPS) is 27.4. The number of hydrogen-bond acceptors (Lipinski definition) is 3. The first kappa shape index (κ1) is 15.0. The lowest BCUT2D eigenvalue weighted by molar-refractivity contribution is -0.135. The van der Waals surface area contributed by atoms with E-state index in [1.165, 1.54) is 25.7 Å². The van der Waals surface area contributed by atoms with Gasteiger partial charge >= 0.3 is 0 Å². The lowest BCUT2D eigenvalue weighted by Gasteiger charge is -2.34. The highest BCUT2D eigenvalue weighted by Gasteiger charge is 2.35. The van der Waals surface area contributed by atoms with Crippen molar-refractivity contribution in [1.29, 1.82) is 5.26 Å². The fraction of sp³-hybridized carbons (Fsp3) is 0.867. The van der Waals surface area contributed by atoms with Crippen LogP contribution in [0.15, 0.2) is 0 Å². The van der Waals surface area contributed by atoms with Gasteiger partial charge in [-0.25, -0.2) is 0 Å². The first-order chi connectivity index (χ1) is 8.76. The summed E-state index contributed by atoms with van der Waals surface area (Å²) in [4.78, 5) is 10.3. The molecule has 0 spiro atoms. The fourth-order valence-corrected chi connectivity index (χ4v) is 2.84. The van der Waals surface area contributed by atoms with Crippen molar-refractivity contribution in [2.75, 3.05) is 0 Å². The van der Waals surface area contributed by atoms with Crippen molar-refractivity contribution in [3.05, 3.63) is 0 Å². The smallest absolute Gasteiger partial charge is 0.293 e. The molecule has 102 valence electrons. The van der Waals surface area contributed by atoms with E-state index in [4.69, 9.17) is 4.74 Å². The van der Waals surface area contributed by atoms with Crippen LogP contribution in [-0.4, -0.2) is 12.6 Å². The van der Waals surface area contributed by atoms with E-state index in [0.717, 1.165) is 38.5 Å². The van der Waals surface area contributed by atoms with Gasteiger partial charge in [0, 0.05) is 0 Å². The molecule has 1 fully saturated rings. The van der Waals surface area contributed by atoms with Gasteiger partial charge in [-0.15, -0.1) is 0 Å². The van der Waals surface area contributed by atoms with Gasteiger partial charge in [-0.2, -0.15) is 5.26 Å². The molecule has 0 bridgehead atoms. The summed E-state index contributed by atoms with van der Waals surface area (Å²) in [5.74, 6) is 0. The Morgan fingerprint density at radius 3 is 2.50 bits per heavy atom. The summed E-state index contributed by atoms with van der Waals surface area (Å²) in [5, 5.41) is 9.40. The summed E-state index contributed by atoms with van der Waals surface area (Å²) in [5.41, 5.74) is -0.144. The minimum absolute atomic E-state index is 0.0454. The third kappa shape index (κ3) is 4.68. The van der Waals surface area contributed by atoms with Crippen LogP contribution in [0.2, 0.25) is 0 Å². The van der Waals surface area contributed by atoms with Crippen LogP contribution in [0.4, 0.5) is 0 Å². The Labute approximate surface area is 111 Å². The van der Waals surface area contributed by atoms with Crippen LogP contribution in [0.5, 0.6) is 0 Å². The van der Waals surface area contributed by atoms with E-state index in [0.29, 0.717) is 6.47 Å². The Balaban J connectivity index is 2.28. The van der Waals surface area contributed by atoms with Crippen LogP contribution < -0.4 is 0 Å². The molecule has 3 heteroatoms. The second-order valence-corrected chi connectivity index (χ2v) is 5.49. The van der Waals surface area contributed by atoms with Crippen LogP contribution in [0.25, 0.3) is 0 Å². The standard InChI is InChI=1S/C15H25NO2/c1-2-3-4-5-6-9-15(12-16)10-7-14(8-11-15)18-13-17/h13-14H,2-11H2,1H3. The maximum absolute atomic E-state index is 10.3. The average molecular weight is 251 g/mol. The van der Waals surface area contributed by atoms with E-state index in [9.17, 15) is 10.1 Å². The summed E-state index contributed by atoms with van der Waals surface area (Å²) in [7, 11) is 0. The van der Waals surface area contributed by atoms with Crippen molar-refractivity contribution in [2.45, 2.75) is 77.2 Å². The largest absolute Gasteiger partial charge is 0.465 e. The van der Waals surface area contributed by atoms with Crippen molar-refractivity contribution >= 4 is 6.47 Å². The summed E-state index contributed by atoms with van der Waals surface area (Å²) in [6.07, 6.45) is 10.8. The maximum atomic E-state index is 10.3. The number of hydrogen-bond donors (Lipinski definition) is 0. The molecular formula is C15H25NO2. The Kier molecular flexibility index (Phi) is 6.78. The molecule has 0 heterocycles. The lowest BCUT2D eigenvalue weighted by atomic mass is 9.71. The van der Waals surface area contributed by atoms with E-state index in [1.54, 1.807) is 0 Å². The third-order valence-electron chi connectivity index (χ3n) is 4.13. The number of carbonyl (C=O) groups is 1. The van der Waals surface area contributed by atoms with Gasteiger partial charge in [-0.3, -0.25) is 4.79 Å². The van der Waals surface area contributed by atoms with Crippen LogP contribution in [0.3, 0.4) is 0 Å². The third-order valence-corrected chi connectivity index (χ3v) is 4.13. The van der Waals surface area contributed by atoms with Crippen LogP contribution in [0.1, 0.15) is 71.1 Å². The monoisotopic (exact) mass is 251 g/mol.